The van der Waals surface area contributed by atoms with Crippen molar-refractivity contribution in [1.29, 1.82) is 0 Å². The third kappa shape index (κ3) is 5.09. The van der Waals surface area contributed by atoms with Crippen LogP contribution in [0.15, 0.2) is 24.3 Å². The largest absolute Gasteiger partial charge is 0.497 e. The van der Waals surface area contributed by atoms with Crippen LogP contribution in [-0.2, 0) is 4.79 Å². The van der Waals surface area contributed by atoms with Gasteiger partial charge in [0, 0.05) is 5.56 Å². The predicted molar refractivity (Wildman–Crippen MR) is 72.8 cm³/mol. The Labute approximate surface area is 113 Å². The molecule has 0 aliphatic rings. The lowest BCUT2D eigenvalue weighted by atomic mass is 10.1. The van der Waals surface area contributed by atoms with Crippen molar-refractivity contribution in [3.63, 3.8) is 0 Å². The van der Waals surface area contributed by atoms with Gasteiger partial charge in [-0.15, -0.1) is 0 Å². The van der Waals surface area contributed by atoms with E-state index >= 15 is 0 Å². The molecule has 0 heterocycles. The van der Waals surface area contributed by atoms with E-state index in [4.69, 9.17) is 10.5 Å². The zero-order valence-corrected chi connectivity index (χ0v) is 11.0. The van der Waals surface area contributed by atoms with Crippen molar-refractivity contribution in [1.82, 2.24) is 5.32 Å². The maximum Gasteiger partial charge on any atom is 0.251 e. The number of hydrogen-bond donors (Lipinski definition) is 2. The van der Waals surface area contributed by atoms with Crippen LogP contribution in [0.5, 0.6) is 5.75 Å². The van der Waals surface area contributed by atoms with Gasteiger partial charge < -0.3 is 15.8 Å². The summed E-state index contributed by atoms with van der Waals surface area (Å²) in [6, 6.07) is 6.11. The highest BCUT2D eigenvalue weighted by Crippen LogP contribution is 2.11. The van der Waals surface area contributed by atoms with E-state index < -0.39 is 6.04 Å². The second-order valence-electron chi connectivity index (χ2n) is 4.16. The minimum absolute atomic E-state index is 0.288. The number of ether oxygens (including phenoxy) is 1. The van der Waals surface area contributed by atoms with Crippen molar-refractivity contribution in [3.8, 4) is 5.75 Å². The van der Waals surface area contributed by atoms with Crippen LogP contribution in [0, 0.1) is 0 Å². The van der Waals surface area contributed by atoms with Crippen LogP contribution in [0.2, 0.25) is 0 Å². The maximum atomic E-state index is 11.9. The Morgan fingerprint density at radius 1 is 1.37 bits per heavy atom. The lowest BCUT2D eigenvalue weighted by Crippen LogP contribution is -2.36. The normalized spacial score (nSPS) is 11.7. The predicted octanol–water partition coefficient (Wildman–Crippen LogP) is 1.03. The van der Waals surface area contributed by atoms with Gasteiger partial charge >= 0.3 is 0 Å². The quantitative estimate of drug-likeness (QED) is 0.686. The van der Waals surface area contributed by atoms with E-state index in [0.717, 1.165) is 12.8 Å². The molecule has 0 spiro atoms. The highest BCUT2D eigenvalue weighted by Gasteiger charge is 2.13. The first-order chi connectivity index (χ1) is 9.21. The standard InChI is InChI=1S/C14H19N2O3/c1-19-13-7-5-11(6-8-13)14(18)16-12(10-17)4-2-3-9-15/h5-8,12H,2-4,9,15H2,1H3,(H,16,18)/t12-/m0/s1. The van der Waals surface area contributed by atoms with Gasteiger partial charge in [0.25, 0.3) is 5.91 Å². The minimum atomic E-state index is -0.582. The number of hydrogen-bond acceptors (Lipinski definition) is 4. The Morgan fingerprint density at radius 2 is 2.05 bits per heavy atom. The average molecular weight is 263 g/mol. The molecule has 0 bridgehead atoms. The van der Waals surface area contributed by atoms with E-state index in [1.54, 1.807) is 31.4 Å². The number of methoxy groups -OCH3 is 1. The summed E-state index contributed by atoms with van der Waals surface area (Å²) in [6.45, 7) is 0.581. The molecule has 0 aliphatic carbocycles. The van der Waals surface area contributed by atoms with Crippen molar-refractivity contribution in [2.75, 3.05) is 13.7 Å². The Bertz CT molecular complexity index is 404. The molecule has 0 aromatic heterocycles. The van der Waals surface area contributed by atoms with Gasteiger partial charge in [0.2, 0.25) is 6.29 Å². The van der Waals surface area contributed by atoms with Crippen LogP contribution in [0.4, 0.5) is 0 Å². The topological polar surface area (TPSA) is 81.4 Å². The SMILES string of the molecule is COc1ccc(C(=O)N[C@H]([C]=O)CCCCN)cc1. The summed E-state index contributed by atoms with van der Waals surface area (Å²) in [5.41, 5.74) is 5.86. The second kappa shape index (κ2) is 8.26. The highest BCUT2D eigenvalue weighted by molar-refractivity contribution is 5.95. The van der Waals surface area contributed by atoms with Gasteiger partial charge in [0.15, 0.2) is 0 Å². The minimum Gasteiger partial charge on any atom is -0.497 e. The molecule has 1 aromatic carbocycles. The van der Waals surface area contributed by atoms with Gasteiger partial charge in [-0.2, -0.15) is 0 Å². The molecule has 3 N–H and O–H groups in total. The molecule has 5 nitrogen and oxygen atoms in total. The number of benzene rings is 1. The molecule has 1 radical (unpaired) electrons. The van der Waals surface area contributed by atoms with Gasteiger partial charge in [-0.3, -0.25) is 9.59 Å². The molecule has 1 atom stereocenters. The number of nitrogens with two attached hydrogens (primary N) is 1. The summed E-state index contributed by atoms with van der Waals surface area (Å²) in [7, 11) is 1.56. The molecule has 0 saturated carbocycles. The van der Waals surface area contributed by atoms with Gasteiger partial charge in [-0.25, -0.2) is 0 Å². The third-order valence-corrected chi connectivity index (χ3v) is 2.75. The third-order valence-electron chi connectivity index (χ3n) is 2.75. The van der Waals surface area contributed by atoms with Crippen LogP contribution in [-0.4, -0.2) is 31.9 Å². The highest BCUT2D eigenvalue weighted by atomic mass is 16.5. The summed E-state index contributed by atoms with van der Waals surface area (Å²) < 4.78 is 5.01. The molecule has 1 amide bonds. The lowest BCUT2D eigenvalue weighted by Gasteiger charge is -2.12. The van der Waals surface area contributed by atoms with Crippen molar-refractivity contribution >= 4 is 12.2 Å². The summed E-state index contributed by atoms with van der Waals surface area (Å²) >= 11 is 0. The van der Waals surface area contributed by atoms with Crippen LogP contribution in [0.3, 0.4) is 0 Å². The number of amides is 1. The Morgan fingerprint density at radius 3 is 2.58 bits per heavy atom. The number of carbonyl (C=O) groups excluding carboxylic acids is 2. The molecule has 0 fully saturated rings. The fraction of sp³-hybridized carbons (Fsp3) is 0.429. The Hall–Kier alpha value is -1.88. The first-order valence-corrected chi connectivity index (χ1v) is 6.24. The van der Waals surface area contributed by atoms with Crippen LogP contribution in [0.1, 0.15) is 29.6 Å². The van der Waals surface area contributed by atoms with Crippen molar-refractivity contribution < 1.29 is 14.3 Å². The molecule has 0 saturated heterocycles. The summed E-state index contributed by atoms with van der Waals surface area (Å²) in [6.07, 6.45) is 4.02. The van der Waals surface area contributed by atoms with Gasteiger partial charge in [0.1, 0.15) is 5.75 Å². The molecule has 19 heavy (non-hydrogen) atoms. The fourth-order valence-corrected chi connectivity index (χ4v) is 1.64. The molecule has 1 rings (SSSR count). The van der Waals surface area contributed by atoms with E-state index in [1.807, 2.05) is 6.29 Å². The number of unbranched alkanes of at least 4 members (excludes halogenated alkanes) is 1. The van der Waals surface area contributed by atoms with E-state index in [9.17, 15) is 9.59 Å². The molecule has 1 aromatic rings. The summed E-state index contributed by atoms with van der Waals surface area (Å²) in [5.74, 6) is 0.391. The number of nitrogens with one attached hydrogen (secondary N) is 1. The fourth-order valence-electron chi connectivity index (χ4n) is 1.64. The monoisotopic (exact) mass is 263 g/mol. The van der Waals surface area contributed by atoms with Gasteiger partial charge in [0.05, 0.1) is 13.2 Å². The van der Waals surface area contributed by atoms with Crippen molar-refractivity contribution in [3.05, 3.63) is 29.8 Å². The molecular weight excluding hydrogens is 244 g/mol. The lowest BCUT2D eigenvalue weighted by molar-refractivity contribution is 0.0944. The van der Waals surface area contributed by atoms with Crippen LogP contribution >= 0.6 is 0 Å². The zero-order valence-electron chi connectivity index (χ0n) is 11.0. The first-order valence-electron chi connectivity index (χ1n) is 6.24. The van der Waals surface area contributed by atoms with E-state index in [1.165, 1.54) is 0 Å². The number of rotatable bonds is 8. The average Bonchev–Trinajstić information content (AvgIpc) is 2.46. The molecule has 0 aliphatic heterocycles. The zero-order chi connectivity index (χ0) is 14.1. The Kier molecular flexibility index (Phi) is 6.60. The summed E-state index contributed by atoms with van der Waals surface area (Å²) in [4.78, 5) is 22.7. The van der Waals surface area contributed by atoms with E-state index in [-0.39, 0.29) is 5.91 Å². The summed E-state index contributed by atoms with van der Waals surface area (Å²) in [5, 5.41) is 2.64. The first kappa shape index (κ1) is 15.2. The van der Waals surface area contributed by atoms with Crippen LogP contribution in [0.25, 0.3) is 0 Å². The molecule has 103 valence electrons. The van der Waals surface area contributed by atoms with E-state index in [2.05, 4.69) is 5.32 Å². The van der Waals surface area contributed by atoms with Crippen LogP contribution < -0.4 is 15.8 Å². The maximum absolute atomic E-state index is 11.9. The second-order valence-corrected chi connectivity index (χ2v) is 4.16. The van der Waals surface area contributed by atoms with E-state index in [0.29, 0.717) is 24.3 Å². The molecule has 5 heteroatoms. The number of carbonyl (C=O) groups is 1. The molecule has 0 unspecified atom stereocenters. The smallest absolute Gasteiger partial charge is 0.251 e. The molecular formula is C14H19N2O3. The van der Waals surface area contributed by atoms with Crippen molar-refractivity contribution in [2.45, 2.75) is 25.3 Å². The van der Waals surface area contributed by atoms with Gasteiger partial charge in [-0.05, 0) is 50.1 Å². The Balaban J connectivity index is 2.53. The van der Waals surface area contributed by atoms with Crippen molar-refractivity contribution in [2.24, 2.45) is 5.73 Å². The van der Waals surface area contributed by atoms with Gasteiger partial charge in [-0.1, -0.05) is 0 Å².